The van der Waals surface area contributed by atoms with Gasteiger partial charge in [0.05, 0.1) is 29.3 Å². The second-order valence-corrected chi connectivity index (χ2v) is 11.7. The Morgan fingerprint density at radius 1 is 1.06 bits per heavy atom. The molecule has 0 spiro atoms. The Bertz CT molecular complexity index is 1460. The van der Waals surface area contributed by atoms with E-state index in [1.54, 1.807) is 16.7 Å². The molecular formula is C25H29N3O6S2. The fraction of sp³-hybridized carbons (Fsp3) is 0.400. The number of aryl methyl sites for hydroxylation is 2. The summed E-state index contributed by atoms with van der Waals surface area (Å²) in [6, 6.07) is 10.3. The van der Waals surface area contributed by atoms with Crippen LogP contribution in [0.5, 0.6) is 5.75 Å². The Kier molecular flexibility index (Phi) is 7.62. The van der Waals surface area contributed by atoms with Crippen LogP contribution in [0.3, 0.4) is 0 Å². The number of nitrogens with zero attached hydrogens (tertiary/aromatic N) is 3. The first-order chi connectivity index (χ1) is 17.1. The number of rotatable bonds is 6. The summed E-state index contributed by atoms with van der Waals surface area (Å²) in [5, 5.41) is 0. The van der Waals surface area contributed by atoms with Crippen LogP contribution < -0.4 is 9.54 Å². The lowest BCUT2D eigenvalue weighted by molar-refractivity contribution is -0.141. The molecule has 1 fully saturated rings. The van der Waals surface area contributed by atoms with Gasteiger partial charge in [-0.3, -0.25) is 9.59 Å². The number of hydrogen-bond acceptors (Lipinski definition) is 7. The molecule has 9 nitrogen and oxygen atoms in total. The van der Waals surface area contributed by atoms with Gasteiger partial charge in [-0.25, -0.2) is 8.42 Å². The van der Waals surface area contributed by atoms with E-state index >= 15 is 0 Å². The SMILES string of the molecule is COC(=O)Cn1c(=NC(=O)C2CCN(S(=O)(=O)c3ccc(OC)cc3)CC2)sc2cc(C)c(C)cc21. The molecule has 1 saturated heterocycles. The van der Waals surface area contributed by atoms with Crippen molar-refractivity contribution in [1.82, 2.24) is 8.87 Å². The van der Waals surface area contributed by atoms with E-state index in [2.05, 4.69) is 4.99 Å². The molecule has 1 amide bonds. The molecule has 0 bridgehead atoms. The van der Waals surface area contributed by atoms with Gasteiger partial charge in [-0.2, -0.15) is 9.30 Å². The van der Waals surface area contributed by atoms with Crippen LogP contribution in [0.15, 0.2) is 46.3 Å². The van der Waals surface area contributed by atoms with Crippen LogP contribution in [0.4, 0.5) is 0 Å². The van der Waals surface area contributed by atoms with Crippen molar-refractivity contribution in [2.24, 2.45) is 10.9 Å². The summed E-state index contributed by atoms with van der Waals surface area (Å²) < 4.78 is 40.0. The lowest BCUT2D eigenvalue weighted by Crippen LogP contribution is -2.40. The topological polar surface area (TPSA) is 107 Å². The lowest BCUT2D eigenvalue weighted by atomic mass is 9.98. The van der Waals surface area contributed by atoms with Crippen LogP contribution in [0.1, 0.15) is 24.0 Å². The third-order valence-corrected chi connectivity index (χ3v) is 9.47. The van der Waals surface area contributed by atoms with E-state index in [1.165, 1.54) is 42.0 Å². The van der Waals surface area contributed by atoms with Gasteiger partial charge in [-0.1, -0.05) is 11.3 Å². The Balaban J connectivity index is 1.55. The molecule has 36 heavy (non-hydrogen) atoms. The summed E-state index contributed by atoms with van der Waals surface area (Å²) >= 11 is 1.35. The van der Waals surface area contributed by atoms with E-state index in [4.69, 9.17) is 9.47 Å². The number of fused-ring (bicyclic) bond motifs is 1. The molecule has 3 aromatic rings. The number of thiazole rings is 1. The Labute approximate surface area is 214 Å². The minimum Gasteiger partial charge on any atom is -0.497 e. The van der Waals surface area contributed by atoms with E-state index in [1.807, 2.05) is 26.0 Å². The molecule has 1 aliphatic rings. The molecule has 11 heteroatoms. The molecule has 1 aliphatic heterocycles. The maximum absolute atomic E-state index is 13.1. The Morgan fingerprint density at radius 3 is 2.31 bits per heavy atom. The number of sulfonamides is 1. The van der Waals surface area contributed by atoms with Gasteiger partial charge in [0.15, 0.2) is 4.80 Å². The van der Waals surface area contributed by atoms with Gasteiger partial charge in [0.2, 0.25) is 10.0 Å². The predicted molar refractivity (Wildman–Crippen MR) is 136 cm³/mol. The smallest absolute Gasteiger partial charge is 0.325 e. The predicted octanol–water partition coefficient (Wildman–Crippen LogP) is 3.03. The Morgan fingerprint density at radius 2 is 1.69 bits per heavy atom. The number of hydrogen-bond donors (Lipinski definition) is 0. The van der Waals surface area contributed by atoms with Crippen molar-refractivity contribution in [2.45, 2.75) is 38.1 Å². The standard InChI is InChI=1S/C25H29N3O6S2/c1-16-13-21-22(14-17(16)2)35-25(28(21)15-23(29)34-4)26-24(30)18-9-11-27(12-10-18)36(31,32)20-7-5-19(33-3)6-8-20/h5-8,13-14,18H,9-12,15H2,1-4H3. The van der Waals surface area contributed by atoms with Gasteiger partial charge in [-0.05, 0) is 74.2 Å². The summed E-state index contributed by atoms with van der Waals surface area (Å²) in [6.45, 7) is 4.41. The first kappa shape index (κ1) is 26.1. The number of carbonyl (C=O) groups excluding carboxylic acids is 2. The van der Waals surface area contributed by atoms with Crippen LogP contribution >= 0.6 is 11.3 Å². The maximum Gasteiger partial charge on any atom is 0.325 e. The van der Waals surface area contributed by atoms with Gasteiger partial charge in [0.25, 0.3) is 5.91 Å². The van der Waals surface area contributed by atoms with Crippen LogP contribution in [0, 0.1) is 19.8 Å². The third kappa shape index (κ3) is 5.23. The van der Waals surface area contributed by atoms with Crippen molar-refractivity contribution in [2.75, 3.05) is 27.3 Å². The van der Waals surface area contributed by atoms with E-state index in [0.717, 1.165) is 21.3 Å². The largest absolute Gasteiger partial charge is 0.497 e. The van der Waals surface area contributed by atoms with Crippen LogP contribution in [-0.2, 0) is 30.9 Å². The number of aromatic nitrogens is 1. The number of methoxy groups -OCH3 is 2. The number of esters is 1. The molecule has 0 N–H and O–H groups in total. The second kappa shape index (κ2) is 10.5. The molecule has 0 aliphatic carbocycles. The summed E-state index contributed by atoms with van der Waals surface area (Å²) in [6.07, 6.45) is 0.746. The number of carbonyl (C=O) groups is 2. The molecule has 2 aromatic carbocycles. The monoisotopic (exact) mass is 531 g/mol. The maximum atomic E-state index is 13.1. The van der Waals surface area contributed by atoms with E-state index < -0.39 is 21.9 Å². The van der Waals surface area contributed by atoms with E-state index in [0.29, 0.717) is 23.4 Å². The highest BCUT2D eigenvalue weighted by molar-refractivity contribution is 7.89. The average molecular weight is 532 g/mol. The van der Waals surface area contributed by atoms with Gasteiger partial charge < -0.3 is 14.0 Å². The highest BCUT2D eigenvalue weighted by Crippen LogP contribution is 2.26. The zero-order valence-corrected chi connectivity index (χ0v) is 22.3. The summed E-state index contributed by atoms with van der Waals surface area (Å²) in [4.78, 5) is 30.2. The van der Waals surface area contributed by atoms with E-state index in [9.17, 15) is 18.0 Å². The zero-order valence-electron chi connectivity index (χ0n) is 20.7. The van der Waals surface area contributed by atoms with Gasteiger partial charge in [0, 0.05) is 19.0 Å². The normalized spacial score (nSPS) is 15.8. The van der Waals surface area contributed by atoms with Crippen LogP contribution in [-0.4, -0.2) is 56.5 Å². The highest BCUT2D eigenvalue weighted by Gasteiger charge is 2.32. The molecule has 0 unspecified atom stereocenters. The van der Waals surface area contributed by atoms with Gasteiger partial charge >= 0.3 is 5.97 Å². The van der Waals surface area contributed by atoms with Crippen molar-refractivity contribution in [1.29, 1.82) is 0 Å². The van der Waals surface area contributed by atoms with Crippen molar-refractivity contribution in [3.8, 4) is 5.75 Å². The number of ether oxygens (including phenoxy) is 2. The van der Waals surface area contributed by atoms with Crippen molar-refractivity contribution < 1.29 is 27.5 Å². The third-order valence-electron chi connectivity index (χ3n) is 6.52. The number of benzene rings is 2. The van der Waals surface area contributed by atoms with Crippen LogP contribution in [0.2, 0.25) is 0 Å². The molecule has 1 aromatic heterocycles. The molecular weight excluding hydrogens is 502 g/mol. The zero-order chi connectivity index (χ0) is 26.0. The molecule has 0 atom stereocenters. The van der Waals surface area contributed by atoms with Crippen molar-refractivity contribution >= 4 is 43.5 Å². The molecule has 192 valence electrons. The van der Waals surface area contributed by atoms with Crippen molar-refractivity contribution in [3.63, 3.8) is 0 Å². The van der Waals surface area contributed by atoms with Crippen LogP contribution in [0.25, 0.3) is 10.2 Å². The highest BCUT2D eigenvalue weighted by atomic mass is 32.2. The average Bonchev–Trinajstić information content (AvgIpc) is 3.19. The summed E-state index contributed by atoms with van der Waals surface area (Å²) in [7, 11) is -0.817. The minimum absolute atomic E-state index is 0.0519. The first-order valence-electron chi connectivity index (χ1n) is 11.5. The first-order valence-corrected chi connectivity index (χ1v) is 13.8. The molecule has 4 rings (SSSR count). The van der Waals surface area contributed by atoms with Crippen molar-refractivity contribution in [3.05, 3.63) is 52.3 Å². The fourth-order valence-corrected chi connectivity index (χ4v) is 6.76. The Hall–Kier alpha value is -3.02. The second-order valence-electron chi connectivity index (χ2n) is 8.76. The number of piperidine rings is 1. The molecule has 2 heterocycles. The molecule has 0 saturated carbocycles. The fourth-order valence-electron chi connectivity index (χ4n) is 4.18. The quantitative estimate of drug-likeness (QED) is 0.453. The van der Waals surface area contributed by atoms with Gasteiger partial charge in [0.1, 0.15) is 12.3 Å². The minimum atomic E-state index is -3.66. The summed E-state index contributed by atoms with van der Waals surface area (Å²) in [5.41, 5.74) is 3.00. The van der Waals surface area contributed by atoms with E-state index in [-0.39, 0.29) is 30.4 Å². The lowest BCUT2D eigenvalue weighted by Gasteiger charge is -2.29. The summed E-state index contributed by atoms with van der Waals surface area (Å²) in [5.74, 6) is -0.558. The number of amides is 1. The van der Waals surface area contributed by atoms with Gasteiger partial charge in [-0.15, -0.1) is 0 Å². The molecule has 0 radical (unpaired) electrons.